The summed E-state index contributed by atoms with van der Waals surface area (Å²) < 4.78 is 5.49. The molecule has 1 aliphatic rings. The summed E-state index contributed by atoms with van der Waals surface area (Å²) in [6.45, 7) is 6.71. The van der Waals surface area contributed by atoms with Crippen LogP contribution in [0.2, 0.25) is 0 Å². The Bertz CT molecular complexity index is 228. The molecule has 1 fully saturated rings. The predicted molar refractivity (Wildman–Crippen MR) is 64.9 cm³/mol. The van der Waals surface area contributed by atoms with Crippen molar-refractivity contribution in [1.82, 2.24) is 0 Å². The first-order valence-electron chi connectivity index (χ1n) is 6.46. The standard InChI is InChI=1S/C13H25NO2/c1-9(2)10(3)16-13(15)12-7-5-4-6-11(12)8-14/h9-12H,4-8,14H2,1-3H3. The zero-order chi connectivity index (χ0) is 12.1. The van der Waals surface area contributed by atoms with Gasteiger partial charge in [-0.05, 0) is 38.1 Å². The molecule has 0 aromatic rings. The lowest BCUT2D eigenvalue weighted by molar-refractivity contribution is -0.158. The van der Waals surface area contributed by atoms with E-state index in [-0.39, 0.29) is 18.0 Å². The van der Waals surface area contributed by atoms with Crippen LogP contribution in [0.1, 0.15) is 46.5 Å². The molecule has 1 rings (SSSR count). The molecule has 3 atom stereocenters. The fourth-order valence-corrected chi connectivity index (χ4v) is 2.21. The Labute approximate surface area is 98.7 Å². The second-order valence-corrected chi connectivity index (χ2v) is 5.27. The number of nitrogens with two attached hydrogens (primary N) is 1. The normalized spacial score (nSPS) is 27.8. The largest absolute Gasteiger partial charge is 0.462 e. The van der Waals surface area contributed by atoms with E-state index < -0.39 is 0 Å². The first-order valence-corrected chi connectivity index (χ1v) is 6.46. The smallest absolute Gasteiger partial charge is 0.309 e. The summed E-state index contributed by atoms with van der Waals surface area (Å²) in [4.78, 5) is 12.0. The average molecular weight is 227 g/mol. The van der Waals surface area contributed by atoms with E-state index in [0.29, 0.717) is 18.4 Å². The van der Waals surface area contributed by atoms with Crippen molar-refractivity contribution in [2.75, 3.05) is 6.54 Å². The summed E-state index contributed by atoms with van der Waals surface area (Å²) in [6, 6.07) is 0. The van der Waals surface area contributed by atoms with Crippen LogP contribution in [0.4, 0.5) is 0 Å². The van der Waals surface area contributed by atoms with E-state index in [1.165, 1.54) is 6.42 Å². The molecule has 0 bridgehead atoms. The SMILES string of the molecule is CC(C)C(C)OC(=O)C1CCCCC1CN. The molecule has 0 amide bonds. The Balaban J connectivity index is 2.50. The van der Waals surface area contributed by atoms with E-state index in [0.717, 1.165) is 19.3 Å². The van der Waals surface area contributed by atoms with Gasteiger partial charge < -0.3 is 10.5 Å². The van der Waals surface area contributed by atoms with Gasteiger partial charge in [0.05, 0.1) is 5.92 Å². The maximum absolute atomic E-state index is 12.0. The summed E-state index contributed by atoms with van der Waals surface area (Å²) in [7, 11) is 0. The summed E-state index contributed by atoms with van der Waals surface area (Å²) in [5.41, 5.74) is 5.71. The summed E-state index contributed by atoms with van der Waals surface area (Å²) in [5.74, 6) is 0.723. The molecule has 0 aromatic carbocycles. The highest BCUT2D eigenvalue weighted by atomic mass is 16.5. The van der Waals surface area contributed by atoms with Gasteiger partial charge in [-0.3, -0.25) is 4.79 Å². The number of carbonyl (C=O) groups is 1. The minimum Gasteiger partial charge on any atom is -0.462 e. The molecule has 1 saturated carbocycles. The van der Waals surface area contributed by atoms with Gasteiger partial charge in [0.1, 0.15) is 6.10 Å². The molecular formula is C13H25NO2. The lowest BCUT2D eigenvalue weighted by Crippen LogP contribution is -2.35. The zero-order valence-electron chi connectivity index (χ0n) is 10.7. The molecule has 3 nitrogen and oxygen atoms in total. The molecule has 0 aromatic heterocycles. The van der Waals surface area contributed by atoms with E-state index in [4.69, 9.17) is 10.5 Å². The van der Waals surface area contributed by atoms with E-state index in [2.05, 4.69) is 13.8 Å². The van der Waals surface area contributed by atoms with E-state index >= 15 is 0 Å². The Kier molecular flexibility index (Phi) is 5.26. The Morgan fingerprint density at radius 3 is 2.50 bits per heavy atom. The molecule has 3 unspecified atom stereocenters. The van der Waals surface area contributed by atoms with Crippen molar-refractivity contribution in [2.24, 2.45) is 23.5 Å². The Hall–Kier alpha value is -0.570. The van der Waals surface area contributed by atoms with Crippen molar-refractivity contribution in [1.29, 1.82) is 0 Å². The van der Waals surface area contributed by atoms with Crippen molar-refractivity contribution in [3.05, 3.63) is 0 Å². The number of hydrogen-bond donors (Lipinski definition) is 1. The number of hydrogen-bond acceptors (Lipinski definition) is 3. The Morgan fingerprint density at radius 1 is 1.31 bits per heavy atom. The molecule has 0 heterocycles. The summed E-state index contributed by atoms with van der Waals surface area (Å²) in [6.07, 6.45) is 4.36. The van der Waals surface area contributed by atoms with Crippen molar-refractivity contribution in [3.8, 4) is 0 Å². The molecule has 0 radical (unpaired) electrons. The maximum Gasteiger partial charge on any atom is 0.309 e. The van der Waals surface area contributed by atoms with Crippen LogP contribution in [0, 0.1) is 17.8 Å². The second-order valence-electron chi connectivity index (χ2n) is 5.27. The van der Waals surface area contributed by atoms with Crippen LogP contribution < -0.4 is 5.73 Å². The van der Waals surface area contributed by atoms with Gasteiger partial charge in [0.25, 0.3) is 0 Å². The van der Waals surface area contributed by atoms with Crippen molar-refractivity contribution in [2.45, 2.75) is 52.6 Å². The highest BCUT2D eigenvalue weighted by Gasteiger charge is 2.32. The zero-order valence-corrected chi connectivity index (χ0v) is 10.7. The highest BCUT2D eigenvalue weighted by molar-refractivity contribution is 5.73. The van der Waals surface area contributed by atoms with Crippen LogP contribution in [-0.2, 0) is 9.53 Å². The van der Waals surface area contributed by atoms with Gasteiger partial charge in [-0.2, -0.15) is 0 Å². The maximum atomic E-state index is 12.0. The molecule has 94 valence electrons. The number of esters is 1. The van der Waals surface area contributed by atoms with Gasteiger partial charge in [0.2, 0.25) is 0 Å². The van der Waals surface area contributed by atoms with Gasteiger partial charge in [0.15, 0.2) is 0 Å². The van der Waals surface area contributed by atoms with Gasteiger partial charge in [-0.15, -0.1) is 0 Å². The molecule has 0 saturated heterocycles. The van der Waals surface area contributed by atoms with Gasteiger partial charge in [-0.1, -0.05) is 26.7 Å². The average Bonchev–Trinajstić information content (AvgIpc) is 2.28. The van der Waals surface area contributed by atoms with E-state index in [1.807, 2.05) is 6.92 Å². The quantitative estimate of drug-likeness (QED) is 0.750. The van der Waals surface area contributed by atoms with Gasteiger partial charge in [0, 0.05) is 0 Å². The first kappa shape index (κ1) is 13.5. The molecule has 0 spiro atoms. The molecular weight excluding hydrogens is 202 g/mol. The van der Waals surface area contributed by atoms with Crippen LogP contribution in [-0.4, -0.2) is 18.6 Å². The fraction of sp³-hybridized carbons (Fsp3) is 0.923. The van der Waals surface area contributed by atoms with Crippen molar-refractivity contribution >= 4 is 5.97 Å². The third-order valence-corrected chi connectivity index (χ3v) is 3.76. The fourth-order valence-electron chi connectivity index (χ4n) is 2.21. The van der Waals surface area contributed by atoms with Crippen LogP contribution in [0.25, 0.3) is 0 Å². The molecule has 2 N–H and O–H groups in total. The lowest BCUT2D eigenvalue weighted by Gasteiger charge is -2.30. The topological polar surface area (TPSA) is 52.3 Å². The molecule has 3 heteroatoms. The van der Waals surface area contributed by atoms with Crippen LogP contribution in [0.15, 0.2) is 0 Å². The number of carbonyl (C=O) groups excluding carboxylic acids is 1. The summed E-state index contributed by atoms with van der Waals surface area (Å²) >= 11 is 0. The third kappa shape index (κ3) is 3.48. The second kappa shape index (κ2) is 6.24. The monoisotopic (exact) mass is 227 g/mol. The minimum absolute atomic E-state index is 0.00727. The lowest BCUT2D eigenvalue weighted by atomic mass is 9.79. The Morgan fingerprint density at radius 2 is 1.94 bits per heavy atom. The first-order chi connectivity index (χ1) is 7.56. The van der Waals surface area contributed by atoms with Gasteiger partial charge >= 0.3 is 5.97 Å². The van der Waals surface area contributed by atoms with Crippen LogP contribution in [0.5, 0.6) is 0 Å². The van der Waals surface area contributed by atoms with E-state index in [9.17, 15) is 4.79 Å². The molecule has 1 aliphatic carbocycles. The number of ether oxygens (including phenoxy) is 1. The van der Waals surface area contributed by atoms with E-state index in [1.54, 1.807) is 0 Å². The van der Waals surface area contributed by atoms with Gasteiger partial charge in [-0.25, -0.2) is 0 Å². The predicted octanol–water partition coefficient (Wildman–Crippen LogP) is 2.34. The van der Waals surface area contributed by atoms with Crippen LogP contribution in [0.3, 0.4) is 0 Å². The third-order valence-electron chi connectivity index (χ3n) is 3.76. The minimum atomic E-state index is -0.0312. The highest BCUT2D eigenvalue weighted by Crippen LogP contribution is 2.30. The molecule has 16 heavy (non-hydrogen) atoms. The number of rotatable bonds is 4. The summed E-state index contributed by atoms with van der Waals surface area (Å²) in [5, 5.41) is 0. The van der Waals surface area contributed by atoms with Crippen LogP contribution >= 0.6 is 0 Å². The van der Waals surface area contributed by atoms with Crippen molar-refractivity contribution < 1.29 is 9.53 Å². The van der Waals surface area contributed by atoms with Crippen molar-refractivity contribution in [3.63, 3.8) is 0 Å². The molecule has 0 aliphatic heterocycles.